The van der Waals surface area contributed by atoms with Gasteiger partial charge in [0.15, 0.2) is 0 Å². The number of carbonyl (C=O) groups is 2. The van der Waals surface area contributed by atoms with Crippen LogP contribution in [-0.2, 0) is 10.8 Å². The second kappa shape index (κ2) is 5.55. The normalized spacial score (nSPS) is 14.9. The number of benzene rings is 2. The van der Waals surface area contributed by atoms with Crippen LogP contribution in [0.4, 0.5) is 5.69 Å². The molecule has 0 atom stereocenters. The Kier molecular flexibility index (Phi) is 3.86. The van der Waals surface area contributed by atoms with Gasteiger partial charge in [0.05, 0.1) is 16.8 Å². The van der Waals surface area contributed by atoms with Gasteiger partial charge in [-0.25, -0.2) is 4.90 Å². The van der Waals surface area contributed by atoms with Crippen molar-refractivity contribution in [2.24, 2.45) is 0 Å². The van der Waals surface area contributed by atoms with Crippen molar-refractivity contribution in [2.75, 3.05) is 4.90 Å². The van der Waals surface area contributed by atoms with Gasteiger partial charge in [0, 0.05) is 0 Å². The van der Waals surface area contributed by atoms with E-state index in [1.807, 2.05) is 6.07 Å². The van der Waals surface area contributed by atoms with Crippen LogP contribution in [0.25, 0.3) is 0 Å². The average Bonchev–Trinajstić information content (AvgIpc) is 2.77. The minimum Gasteiger partial charge on any atom is -0.268 e. The molecule has 0 N–H and O–H groups in total. The molecule has 0 saturated carbocycles. The van der Waals surface area contributed by atoms with Crippen LogP contribution in [0.3, 0.4) is 0 Å². The summed E-state index contributed by atoms with van der Waals surface area (Å²) in [7, 11) is 0. The molecule has 1 aliphatic heterocycles. The zero-order valence-electron chi connectivity index (χ0n) is 15.8. The van der Waals surface area contributed by atoms with E-state index in [2.05, 4.69) is 53.7 Å². The van der Waals surface area contributed by atoms with Crippen molar-refractivity contribution >= 4 is 17.5 Å². The van der Waals surface area contributed by atoms with Crippen molar-refractivity contribution in [3.05, 3.63) is 64.7 Å². The zero-order valence-corrected chi connectivity index (χ0v) is 15.8. The summed E-state index contributed by atoms with van der Waals surface area (Å²) in [6.07, 6.45) is 0. The lowest BCUT2D eigenvalue weighted by Crippen LogP contribution is -2.32. The highest BCUT2D eigenvalue weighted by atomic mass is 16.2. The molecule has 0 radical (unpaired) electrons. The fourth-order valence-corrected chi connectivity index (χ4v) is 3.23. The maximum Gasteiger partial charge on any atom is 0.266 e. The molecule has 0 saturated heterocycles. The van der Waals surface area contributed by atoms with E-state index in [9.17, 15) is 9.59 Å². The monoisotopic (exact) mass is 335 g/mol. The summed E-state index contributed by atoms with van der Waals surface area (Å²) in [5, 5.41) is 0. The first-order valence-corrected chi connectivity index (χ1v) is 8.64. The van der Waals surface area contributed by atoms with Crippen molar-refractivity contribution < 1.29 is 9.59 Å². The average molecular weight is 335 g/mol. The summed E-state index contributed by atoms with van der Waals surface area (Å²) in [6.45, 7) is 12.7. The molecule has 2 aromatic rings. The third-order valence-corrected chi connectivity index (χ3v) is 4.71. The molecular weight excluding hydrogens is 310 g/mol. The first-order valence-electron chi connectivity index (χ1n) is 8.64. The maximum atomic E-state index is 13.0. The van der Waals surface area contributed by atoms with Gasteiger partial charge in [-0.3, -0.25) is 9.59 Å². The third-order valence-electron chi connectivity index (χ3n) is 4.71. The number of amides is 2. The van der Waals surface area contributed by atoms with Gasteiger partial charge in [0.1, 0.15) is 0 Å². The van der Waals surface area contributed by atoms with Crippen molar-refractivity contribution in [1.82, 2.24) is 0 Å². The SMILES string of the molecule is CC(C)(C)c1ccc(C(C)(C)C)c(N2C(=O)c3ccccc3C2=O)c1. The summed E-state index contributed by atoms with van der Waals surface area (Å²) in [5.41, 5.74) is 3.51. The van der Waals surface area contributed by atoms with Crippen LogP contribution < -0.4 is 4.90 Å². The van der Waals surface area contributed by atoms with Crippen LogP contribution in [0.2, 0.25) is 0 Å². The van der Waals surface area contributed by atoms with Gasteiger partial charge in [0.25, 0.3) is 11.8 Å². The standard InChI is InChI=1S/C22H25NO2/c1-21(2,3)14-11-12-17(22(4,5)6)18(13-14)23-19(24)15-9-7-8-10-16(15)20(23)25/h7-13H,1-6H3. The number of imide groups is 1. The molecule has 3 nitrogen and oxygen atoms in total. The van der Waals surface area contributed by atoms with Gasteiger partial charge in [-0.1, -0.05) is 65.8 Å². The van der Waals surface area contributed by atoms with Crippen LogP contribution in [-0.4, -0.2) is 11.8 Å². The minimum atomic E-state index is -0.239. The van der Waals surface area contributed by atoms with E-state index in [0.717, 1.165) is 11.1 Å². The Morgan fingerprint density at radius 2 is 1.24 bits per heavy atom. The van der Waals surface area contributed by atoms with Crippen molar-refractivity contribution in [3.8, 4) is 0 Å². The number of hydrogen-bond acceptors (Lipinski definition) is 2. The molecule has 0 aliphatic carbocycles. The highest BCUT2D eigenvalue weighted by molar-refractivity contribution is 6.34. The lowest BCUT2D eigenvalue weighted by atomic mass is 9.81. The maximum absolute atomic E-state index is 13.0. The number of carbonyl (C=O) groups excluding carboxylic acids is 2. The molecular formula is C22H25NO2. The van der Waals surface area contributed by atoms with Crippen molar-refractivity contribution in [3.63, 3.8) is 0 Å². The summed E-state index contributed by atoms with van der Waals surface area (Å²) >= 11 is 0. The van der Waals surface area contributed by atoms with Crippen LogP contribution in [0.15, 0.2) is 42.5 Å². The van der Waals surface area contributed by atoms with E-state index < -0.39 is 0 Å². The van der Waals surface area contributed by atoms with Gasteiger partial charge in [0.2, 0.25) is 0 Å². The first kappa shape index (κ1) is 17.4. The Morgan fingerprint density at radius 3 is 1.68 bits per heavy atom. The lowest BCUT2D eigenvalue weighted by molar-refractivity contribution is 0.0925. The molecule has 2 amide bonds. The summed E-state index contributed by atoms with van der Waals surface area (Å²) in [4.78, 5) is 27.3. The van der Waals surface area contributed by atoms with E-state index in [1.54, 1.807) is 24.3 Å². The molecule has 0 bridgehead atoms. The fraction of sp³-hybridized carbons (Fsp3) is 0.364. The number of anilines is 1. The fourth-order valence-electron chi connectivity index (χ4n) is 3.23. The molecule has 2 aromatic carbocycles. The summed E-state index contributed by atoms with van der Waals surface area (Å²) in [5.74, 6) is -0.477. The molecule has 1 heterocycles. The Hall–Kier alpha value is -2.42. The van der Waals surface area contributed by atoms with Crippen LogP contribution in [0.1, 0.15) is 73.4 Å². The van der Waals surface area contributed by atoms with Gasteiger partial charge >= 0.3 is 0 Å². The Labute approximate surface area is 149 Å². The molecule has 1 aliphatic rings. The number of rotatable bonds is 1. The molecule has 0 unspecified atom stereocenters. The zero-order chi connectivity index (χ0) is 18.6. The smallest absolute Gasteiger partial charge is 0.266 e. The molecule has 3 rings (SSSR count). The first-order chi connectivity index (χ1) is 11.5. The highest BCUT2D eigenvalue weighted by Gasteiger charge is 2.39. The molecule has 25 heavy (non-hydrogen) atoms. The van der Waals surface area contributed by atoms with E-state index in [1.165, 1.54) is 4.90 Å². The minimum absolute atomic E-state index is 0.0656. The van der Waals surface area contributed by atoms with Crippen molar-refractivity contribution in [2.45, 2.75) is 52.4 Å². The highest BCUT2D eigenvalue weighted by Crippen LogP contribution is 2.39. The predicted molar refractivity (Wildman–Crippen MR) is 101 cm³/mol. The van der Waals surface area contributed by atoms with E-state index in [4.69, 9.17) is 0 Å². The Balaban J connectivity index is 2.23. The number of fused-ring (bicyclic) bond motifs is 1. The van der Waals surface area contributed by atoms with Gasteiger partial charge in [-0.2, -0.15) is 0 Å². The van der Waals surface area contributed by atoms with Crippen molar-refractivity contribution in [1.29, 1.82) is 0 Å². The van der Waals surface area contributed by atoms with E-state index in [-0.39, 0.29) is 22.6 Å². The molecule has 0 aromatic heterocycles. The number of hydrogen-bond donors (Lipinski definition) is 0. The van der Waals surface area contributed by atoms with Gasteiger partial charge < -0.3 is 0 Å². The lowest BCUT2D eigenvalue weighted by Gasteiger charge is -2.29. The Bertz CT molecular complexity index is 831. The Morgan fingerprint density at radius 1 is 0.720 bits per heavy atom. The van der Waals surface area contributed by atoms with E-state index >= 15 is 0 Å². The van der Waals surface area contributed by atoms with Gasteiger partial charge in [-0.15, -0.1) is 0 Å². The van der Waals surface area contributed by atoms with Crippen LogP contribution in [0.5, 0.6) is 0 Å². The molecule has 0 spiro atoms. The van der Waals surface area contributed by atoms with Gasteiger partial charge in [-0.05, 0) is 40.2 Å². The van der Waals surface area contributed by atoms with Crippen LogP contribution >= 0.6 is 0 Å². The topological polar surface area (TPSA) is 37.4 Å². The molecule has 3 heteroatoms. The second-order valence-electron chi connectivity index (χ2n) is 8.72. The quantitative estimate of drug-likeness (QED) is 0.681. The summed E-state index contributed by atoms with van der Waals surface area (Å²) in [6, 6.07) is 13.2. The molecule has 0 fully saturated rings. The molecule has 130 valence electrons. The van der Waals surface area contributed by atoms with E-state index in [0.29, 0.717) is 16.8 Å². The third kappa shape index (κ3) is 2.88. The predicted octanol–water partition coefficient (Wildman–Crippen LogP) is 5.08. The summed E-state index contributed by atoms with van der Waals surface area (Å²) < 4.78 is 0. The largest absolute Gasteiger partial charge is 0.268 e. The van der Waals surface area contributed by atoms with Crippen LogP contribution in [0, 0.1) is 0 Å². The second-order valence-corrected chi connectivity index (χ2v) is 8.72. The number of nitrogens with zero attached hydrogens (tertiary/aromatic N) is 1.